The highest BCUT2D eigenvalue weighted by molar-refractivity contribution is 5.37. The number of ether oxygens (including phenoxy) is 2. The predicted octanol–water partition coefficient (Wildman–Crippen LogP) is 3.22. The molecule has 1 saturated heterocycles. The zero-order valence-electron chi connectivity index (χ0n) is 12.5. The summed E-state index contributed by atoms with van der Waals surface area (Å²) in [5.41, 5.74) is 2.48. The Balaban J connectivity index is 1.72. The van der Waals surface area contributed by atoms with Gasteiger partial charge in [0.05, 0.1) is 13.2 Å². The van der Waals surface area contributed by atoms with Gasteiger partial charge >= 0.3 is 0 Å². The SMILES string of the molecule is COc1ccc(C2OCCCC2CNC2CC2)cc1C. The molecule has 3 rings (SSSR count). The van der Waals surface area contributed by atoms with Gasteiger partial charge in [0, 0.05) is 25.1 Å². The number of methoxy groups -OCH3 is 1. The summed E-state index contributed by atoms with van der Waals surface area (Å²) in [6.45, 7) is 4.07. The van der Waals surface area contributed by atoms with E-state index in [4.69, 9.17) is 9.47 Å². The largest absolute Gasteiger partial charge is 0.496 e. The van der Waals surface area contributed by atoms with Crippen molar-refractivity contribution in [3.63, 3.8) is 0 Å². The average molecular weight is 275 g/mol. The second-order valence-corrected chi connectivity index (χ2v) is 6.11. The quantitative estimate of drug-likeness (QED) is 0.895. The standard InChI is InChI=1S/C17H25NO2/c1-12-10-13(5-8-16(12)19-2)17-14(4-3-9-20-17)11-18-15-6-7-15/h5,8,10,14-15,17-18H,3-4,6-7,9,11H2,1-2H3. The van der Waals surface area contributed by atoms with Crippen molar-refractivity contribution in [2.24, 2.45) is 5.92 Å². The number of hydrogen-bond donors (Lipinski definition) is 1. The van der Waals surface area contributed by atoms with Crippen molar-refractivity contribution in [3.8, 4) is 5.75 Å². The van der Waals surface area contributed by atoms with Crippen LogP contribution in [-0.2, 0) is 4.74 Å². The summed E-state index contributed by atoms with van der Waals surface area (Å²) in [4.78, 5) is 0. The molecule has 0 amide bonds. The first-order valence-corrected chi connectivity index (χ1v) is 7.77. The molecule has 2 atom stereocenters. The maximum atomic E-state index is 6.08. The molecule has 3 heteroatoms. The summed E-state index contributed by atoms with van der Waals surface area (Å²) in [6, 6.07) is 7.22. The molecule has 1 N–H and O–H groups in total. The summed E-state index contributed by atoms with van der Waals surface area (Å²) < 4.78 is 11.4. The number of nitrogens with one attached hydrogen (secondary N) is 1. The van der Waals surface area contributed by atoms with E-state index in [9.17, 15) is 0 Å². The van der Waals surface area contributed by atoms with Crippen LogP contribution in [0, 0.1) is 12.8 Å². The van der Waals surface area contributed by atoms with E-state index in [-0.39, 0.29) is 6.10 Å². The van der Waals surface area contributed by atoms with Crippen molar-refractivity contribution in [2.45, 2.75) is 44.8 Å². The zero-order valence-corrected chi connectivity index (χ0v) is 12.5. The molecule has 20 heavy (non-hydrogen) atoms. The van der Waals surface area contributed by atoms with Crippen LogP contribution in [0.4, 0.5) is 0 Å². The topological polar surface area (TPSA) is 30.5 Å². The molecule has 1 aromatic rings. The van der Waals surface area contributed by atoms with Crippen LogP contribution in [0.3, 0.4) is 0 Å². The summed E-state index contributed by atoms with van der Waals surface area (Å²) in [7, 11) is 1.72. The van der Waals surface area contributed by atoms with Crippen molar-refractivity contribution in [1.82, 2.24) is 5.32 Å². The minimum Gasteiger partial charge on any atom is -0.496 e. The second-order valence-electron chi connectivity index (χ2n) is 6.11. The predicted molar refractivity (Wildman–Crippen MR) is 80.2 cm³/mol. The Morgan fingerprint density at radius 1 is 1.30 bits per heavy atom. The maximum Gasteiger partial charge on any atom is 0.121 e. The van der Waals surface area contributed by atoms with Gasteiger partial charge in [-0.2, -0.15) is 0 Å². The van der Waals surface area contributed by atoms with Gasteiger partial charge in [0.25, 0.3) is 0 Å². The Morgan fingerprint density at radius 3 is 2.85 bits per heavy atom. The number of hydrogen-bond acceptors (Lipinski definition) is 3. The summed E-state index contributed by atoms with van der Waals surface area (Å²) in [5, 5.41) is 3.66. The molecule has 1 aliphatic carbocycles. The van der Waals surface area contributed by atoms with Crippen LogP contribution in [0.5, 0.6) is 5.75 Å². The van der Waals surface area contributed by atoms with E-state index in [0.29, 0.717) is 5.92 Å². The van der Waals surface area contributed by atoms with Gasteiger partial charge in [0.1, 0.15) is 5.75 Å². The molecule has 1 heterocycles. The molecule has 0 radical (unpaired) electrons. The summed E-state index contributed by atoms with van der Waals surface area (Å²) in [5.74, 6) is 1.55. The highest BCUT2D eigenvalue weighted by Crippen LogP contribution is 2.35. The van der Waals surface area contributed by atoms with Crippen LogP contribution >= 0.6 is 0 Å². The fourth-order valence-corrected chi connectivity index (χ4v) is 3.10. The number of aryl methyl sites for hydroxylation is 1. The van der Waals surface area contributed by atoms with Crippen LogP contribution in [0.2, 0.25) is 0 Å². The molecular weight excluding hydrogens is 250 g/mol. The van der Waals surface area contributed by atoms with E-state index in [1.807, 2.05) is 0 Å². The van der Waals surface area contributed by atoms with Gasteiger partial charge in [0.15, 0.2) is 0 Å². The lowest BCUT2D eigenvalue weighted by molar-refractivity contribution is -0.0279. The highest BCUT2D eigenvalue weighted by Gasteiger charge is 2.30. The van der Waals surface area contributed by atoms with Gasteiger partial charge in [-0.1, -0.05) is 6.07 Å². The third kappa shape index (κ3) is 3.15. The Hall–Kier alpha value is -1.06. The maximum absolute atomic E-state index is 6.08. The van der Waals surface area contributed by atoms with Crippen molar-refractivity contribution in [1.29, 1.82) is 0 Å². The van der Waals surface area contributed by atoms with Gasteiger partial charge in [-0.3, -0.25) is 0 Å². The van der Waals surface area contributed by atoms with E-state index in [0.717, 1.165) is 24.9 Å². The first kappa shape index (κ1) is 13.9. The first-order valence-electron chi connectivity index (χ1n) is 7.77. The third-order valence-corrected chi connectivity index (χ3v) is 4.44. The van der Waals surface area contributed by atoms with Crippen molar-refractivity contribution in [2.75, 3.05) is 20.3 Å². The van der Waals surface area contributed by atoms with Crippen LogP contribution in [0.25, 0.3) is 0 Å². The Bertz CT molecular complexity index is 456. The van der Waals surface area contributed by atoms with Crippen LogP contribution in [0.15, 0.2) is 18.2 Å². The van der Waals surface area contributed by atoms with Crippen molar-refractivity contribution in [3.05, 3.63) is 29.3 Å². The van der Waals surface area contributed by atoms with E-state index in [2.05, 4.69) is 30.4 Å². The zero-order chi connectivity index (χ0) is 13.9. The highest BCUT2D eigenvalue weighted by atomic mass is 16.5. The monoisotopic (exact) mass is 275 g/mol. The molecule has 2 fully saturated rings. The Morgan fingerprint density at radius 2 is 2.15 bits per heavy atom. The van der Waals surface area contributed by atoms with Crippen molar-refractivity contribution >= 4 is 0 Å². The minimum absolute atomic E-state index is 0.236. The fourth-order valence-electron chi connectivity index (χ4n) is 3.10. The third-order valence-electron chi connectivity index (χ3n) is 4.44. The van der Waals surface area contributed by atoms with E-state index >= 15 is 0 Å². The average Bonchev–Trinajstić information content (AvgIpc) is 3.29. The van der Waals surface area contributed by atoms with Gasteiger partial charge in [-0.15, -0.1) is 0 Å². The Labute approximate surface area is 121 Å². The lowest BCUT2D eigenvalue weighted by Gasteiger charge is -2.32. The van der Waals surface area contributed by atoms with Gasteiger partial charge in [-0.05, 0) is 55.9 Å². The molecule has 0 aromatic heterocycles. The molecule has 1 aliphatic heterocycles. The first-order chi connectivity index (χ1) is 9.78. The molecule has 2 unspecified atom stereocenters. The smallest absolute Gasteiger partial charge is 0.121 e. The fraction of sp³-hybridized carbons (Fsp3) is 0.647. The summed E-state index contributed by atoms with van der Waals surface area (Å²) in [6.07, 6.45) is 5.37. The van der Waals surface area contributed by atoms with Gasteiger partial charge < -0.3 is 14.8 Å². The van der Waals surface area contributed by atoms with Gasteiger partial charge in [0.2, 0.25) is 0 Å². The molecule has 0 spiro atoms. The minimum atomic E-state index is 0.236. The van der Waals surface area contributed by atoms with Crippen LogP contribution in [0.1, 0.15) is 42.9 Å². The molecule has 3 nitrogen and oxygen atoms in total. The van der Waals surface area contributed by atoms with Crippen LogP contribution < -0.4 is 10.1 Å². The van der Waals surface area contributed by atoms with E-state index < -0.39 is 0 Å². The molecule has 0 bridgehead atoms. The lowest BCUT2D eigenvalue weighted by atomic mass is 9.88. The molecule has 2 aliphatic rings. The number of benzene rings is 1. The normalized spacial score (nSPS) is 26.5. The van der Waals surface area contributed by atoms with Gasteiger partial charge in [-0.25, -0.2) is 0 Å². The molecule has 1 saturated carbocycles. The molecule has 110 valence electrons. The van der Waals surface area contributed by atoms with Crippen LogP contribution in [-0.4, -0.2) is 26.3 Å². The second kappa shape index (κ2) is 6.15. The van der Waals surface area contributed by atoms with Crippen molar-refractivity contribution < 1.29 is 9.47 Å². The molecular formula is C17H25NO2. The summed E-state index contributed by atoms with van der Waals surface area (Å²) >= 11 is 0. The molecule has 1 aromatic carbocycles. The van der Waals surface area contributed by atoms with E-state index in [1.54, 1.807) is 7.11 Å². The Kier molecular flexibility index (Phi) is 4.27. The number of rotatable bonds is 5. The van der Waals surface area contributed by atoms with E-state index in [1.165, 1.54) is 36.8 Å². The lowest BCUT2D eigenvalue weighted by Crippen LogP contribution is -2.32.